The van der Waals surface area contributed by atoms with Crippen LogP contribution in [0.3, 0.4) is 0 Å². The van der Waals surface area contributed by atoms with Crippen LogP contribution in [0.5, 0.6) is 0 Å². The minimum Gasteiger partial charge on any atom is -0.368 e. The number of carbonyl (C=O) groups is 2. The molecular formula is C16H25N3O4. The molecule has 0 aromatic carbocycles. The van der Waals surface area contributed by atoms with E-state index < -0.39 is 0 Å². The van der Waals surface area contributed by atoms with E-state index >= 15 is 0 Å². The van der Waals surface area contributed by atoms with E-state index in [4.69, 9.17) is 11.2 Å². The zero-order valence-corrected chi connectivity index (χ0v) is 13.5. The van der Waals surface area contributed by atoms with Gasteiger partial charge in [-0.15, -0.1) is 6.42 Å². The molecule has 23 heavy (non-hydrogen) atoms. The molecule has 7 nitrogen and oxygen atoms in total. The summed E-state index contributed by atoms with van der Waals surface area (Å²) in [5.41, 5.74) is 0. The van der Waals surface area contributed by atoms with Crippen LogP contribution in [0.4, 0.5) is 0 Å². The monoisotopic (exact) mass is 323 g/mol. The Kier molecular flexibility index (Phi) is 9.64. The Morgan fingerprint density at radius 1 is 1.30 bits per heavy atom. The minimum atomic E-state index is -0.237. The molecule has 0 bridgehead atoms. The fourth-order valence-corrected chi connectivity index (χ4v) is 2.40. The number of hydrogen-bond donors (Lipinski definition) is 1. The summed E-state index contributed by atoms with van der Waals surface area (Å²) in [5, 5.41) is 5.79. The third-order valence-electron chi connectivity index (χ3n) is 3.71. The van der Waals surface area contributed by atoms with Crippen LogP contribution in [-0.4, -0.2) is 55.6 Å². The number of unbranched alkanes of at least 4 members (excludes halogenated alkanes) is 2. The molecule has 1 saturated heterocycles. The number of nitrogens with zero attached hydrogens (tertiary/aromatic N) is 2. The molecule has 1 aliphatic rings. The fourth-order valence-electron chi connectivity index (χ4n) is 2.40. The molecule has 0 radical (unpaired) electrons. The number of carbonyl (C=O) groups excluding carboxylic acids is 2. The zero-order valence-electron chi connectivity index (χ0n) is 13.5. The summed E-state index contributed by atoms with van der Waals surface area (Å²) in [7, 11) is 0. The van der Waals surface area contributed by atoms with Gasteiger partial charge in [-0.05, 0) is 19.3 Å². The van der Waals surface area contributed by atoms with Crippen LogP contribution in [0.25, 0.3) is 0 Å². The first-order valence-electron chi connectivity index (χ1n) is 8.05. The lowest BCUT2D eigenvalue weighted by atomic mass is 10.2. The maximum absolute atomic E-state index is 11.9. The summed E-state index contributed by atoms with van der Waals surface area (Å²) in [6, 6.07) is -0.237. The number of likely N-dealkylation sites (tertiary alicyclic amines) is 1. The molecule has 1 N–H and O–H groups in total. The molecule has 1 unspecified atom stereocenters. The fraction of sp³-hybridized carbons (Fsp3) is 0.750. The smallest absolute Gasteiger partial charge is 0.222 e. The van der Waals surface area contributed by atoms with Crippen LogP contribution in [0, 0.1) is 17.3 Å². The van der Waals surface area contributed by atoms with Gasteiger partial charge in [0, 0.05) is 26.1 Å². The third kappa shape index (κ3) is 8.31. The quantitative estimate of drug-likeness (QED) is 0.350. The van der Waals surface area contributed by atoms with Crippen LogP contribution in [-0.2, 0) is 14.3 Å². The summed E-state index contributed by atoms with van der Waals surface area (Å²) in [6.45, 7) is 2.25. The van der Waals surface area contributed by atoms with Gasteiger partial charge in [0.15, 0.2) is 0 Å². The van der Waals surface area contributed by atoms with Crippen molar-refractivity contribution in [3.63, 3.8) is 0 Å². The molecule has 1 heterocycles. The molecule has 1 aliphatic heterocycles. The Hall–Kier alpha value is -1.94. The van der Waals surface area contributed by atoms with E-state index in [1.165, 1.54) is 0 Å². The van der Waals surface area contributed by atoms with E-state index in [0.29, 0.717) is 45.5 Å². The number of terminal acetylenes is 1. The summed E-state index contributed by atoms with van der Waals surface area (Å²) < 4.78 is 5.02. The Bertz CT molecular complexity index is 434. The van der Waals surface area contributed by atoms with Crippen molar-refractivity contribution in [3.8, 4) is 12.3 Å². The third-order valence-corrected chi connectivity index (χ3v) is 3.71. The zero-order chi connectivity index (χ0) is 16.9. The van der Waals surface area contributed by atoms with Gasteiger partial charge < -0.3 is 15.0 Å². The second-order valence-corrected chi connectivity index (χ2v) is 5.55. The van der Waals surface area contributed by atoms with Gasteiger partial charge in [-0.2, -0.15) is 4.91 Å². The number of nitrogens with one attached hydrogen (secondary N) is 1. The standard InChI is InChI=1S/C16H25N3O4/c1-2-11-23-12-8-15(20)17-9-5-3-4-6-16(21)19-10-7-14(13-19)18-22/h1,14H,3-13H2,(H,17,20). The van der Waals surface area contributed by atoms with E-state index in [-0.39, 0.29) is 24.5 Å². The normalized spacial score (nSPS) is 16.8. The molecule has 0 saturated carbocycles. The Morgan fingerprint density at radius 2 is 2.13 bits per heavy atom. The molecule has 0 aromatic heterocycles. The van der Waals surface area contributed by atoms with Crippen molar-refractivity contribution >= 4 is 11.8 Å². The predicted molar refractivity (Wildman–Crippen MR) is 86.5 cm³/mol. The number of hydrogen-bond acceptors (Lipinski definition) is 5. The molecule has 128 valence electrons. The lowest BCUT2D eigenvalue weighted by molar-refractivity contribution is -0.130. The summed E-state index contributed by atoms with van der Waals surface area (Å²) in [4.78, 5) is 35.5. The maximum Gasteiger partial charge on any atom is 0.222 e. The molecule has 0 spiro atoms. The Morgan fingerprint density at radius 3 is 2.83 bits per heavy atom. The van der Waals surface area contributed by atoms with Gasteiger partial charge >= 0.3 is 0 Å². The molecule has 7 heteroatoms. The molecule has 2 amide bonds. The molecular weight excluding hydrogens is 298 g/mol. The van der Waals surface area contributed by atoms with Crippen molar-refractivity contribution in [2.45, 2.75) is 44.6 Å². The number of ether oxygens (including phenoxy) is 1. The predicted octanol–water partition coefficient (Wildman–Crippen LogP) is 1.07. The highest BCUT2D eigenvalue weighted by Crippen LogP contribution is 2.14. The van der Waals surface area contributed by atoms with Crippen LogP contribution in [0.1, 0.15) is 38.5 Å². The van der Waals surface area contributed by atoms with E-state index in [1.807, 2.05) is 0 Å². The number of rotatable bonds is 11. The van der Waals surface area contributed by atoms with Crippen LogP contribution in [0.2, 0.25) is 0 Å². The van der Waals surface area contributed by atoms with E-state index in [0.717, 1.165) is 19.3 Å². The first-order valence-corrected chi connectivity index (χ1v) is 8.05. The van der Waals surface area contributed by atoms with Gasteiger partial charge in [-0.25, -0.2) is 0 Å². The molecule has 1 fully saturated rings. The molecule has 0 aromatic rings. The van der Waals surface area contributed by atoms with E-state index in [2.05, 4.69) is 16.4 Å². The van der Waals surface area contributed by atoms with Gasteiger partial charge in [-0.1, -0.05) is 17.5 Å². The van der Waals surface area contributed by atoms with E-state index in [1.54, 1.807) is 4.90 Å². The van der Waals surface area contributed by atoms with Crippen molar-refractivity contribution in [2.75, 3.05) is 32.8 Å². The molecule has 1 rings (SSSR count). The highest BCUT2D eigenvalue weighted by atomic mass is 16.5. The second kappa shape index (κ2) is 11.6. The SMILES string of the molecule is C#CCOCCC(=O)NCCCCCC(=O)N1CCC(N=O)C1. The van der Waals surface area contributed by atoms with E-state index in [9.17, 15) is 14.5 Å². The lowest BCUT2D eigenvalue weighted by Crippen LogP contribution is -2.29. The maximum atomic E-state index is 11.9. The van der Waals surface area contributed by atoms with Gasteiger partial charge in [0.1, 0.15) is 12.6 Å². The minimum absolute atomic E-state index is 0.0532. The van der Waals surface area contributed by atoms with Crippen molar-refractivity contribution in [1.82, 2.24) is 10.2 Å². The average Bonchev–Trinajstić information content (AvgIpc) is 3.04. The first kappa shape index (κ1) is 19.1. The Balaban J connectivity index is 1.95. The van der Waals surface area contributed by atoms with Crippen molar-refractivity contribution < 1.29 is 14.3 Å². The summed E-state index contributed by atoms with van der Waals surface area (Å²) >= 11 is 0. The van der Waals surface area contributed by atoms with Gasteiger partial charge in [-0.3, -0.25) is 9.59 Å². The largest absolute Gasteiger partial charge is 0.368 e. The van der Waals surface area contributed by atoms with Crippen LogP contribution in [0.15, 0.2) is 5.18 Å². The topological polar surface area (TPSA) is 88.1 Å². The molecule has 1 atom stereocenters. The second-order valence-electron chi connectivity index (χ2n) is 5.55. The van der Waals surface area contributed by atoms with Gasteiger partial charge in [0.25, 0.3) is 0 Å². The lowest BCUT2D eigenvalue weighted by Gasteiger charge is -2.15. The van der Waals surface area contributed by atoms with Gasteiger partial charge in [0.05, 0.1) is 13.0 Å². The average molecular weight is 323 g/mol. The van der Waals surface area contributed by atoms with Crippen LogP contribution >= 0.6 is 0 Å². The summed E-state index contributed by atoms with van der Waals surface area (Å²) in [5.74, 6) is 2.37. The van der Waals surface area contributed by atoms with Gasteiger partial charge in [0.2, 0.25) is 11.8 Å². The van der Waals surface area contributed by atoms with Crippen molar-refractivity contribution in [3.05, 3.63) is 4.91 Å². The highest BCUT2D eigenvalue weighted by Gasteiger charge is 2.26. The van der Waals surface area contributed by atoms with Crippen molar-refractivity contribution in [2.24, 2.45) is 5.18 Å². The Labute approximate surface area is 137 Å². The summed E-state index contributed by atoms with van der Waals surface area (Å²) in [6.07, 6.45) is 8.99. The highest BCUT2D eigenvalue weighted by molar-refractivity contribution is 5.76. The first-order chi connectivity index (χ1) is 11.2. The number of nitroso groups, excluding NO2 is 1. The molecule has 0 aliphatic carbocycles. The number of amides is 2. The van der Waals surface area contributed by atoms with Crippen LogP contribution < -0.4 is 5.32 Å². The van der Waals surface area contributed by atoms with Crippen molar-refractivity contribution in [1.29, 1.82) is 0 Å².